The number of fused-ring (bicyclic) bond motifs is 1. The Labute approximate surface area is 130 Å². The summed E-state index contributed by atoms with van der Waals surface area (Å²) in [6.07, 6.45) is 4.22. The van der Waals surface area contributed by atoms with Gasteiger partial charge in [-0.05, 0) is 31.5 Å². The van der Waals surface area contributed by atoms with E-state index in [1.807, 2.05) is 6.92 Å². The fourth-order valence-electron chi connectivity index (χ4n) is 2.57. The third-order valence-electron chi connectivity index (χ3n) is 3.78. The van der Waals surface area contributed by atoms with E-state index in [9.17, 15) is 9.90 Å². The van der Waals surface area contributed by atoms with Gasteiger partial charge in [-0.3, -0.25) is 4.79 Å². The fraction of sp³-hybridized carbons (Fsp3) is 0.471. The van der Waals surface area contributed by atoms with E-state index in [2.05, 4.69) is 6.92 Å². The van der Waals surface area contributed by atoms with Crippen molar-refractivity contribution >= 4 is 16.6 Å². The lowest BCUT2D eigenvalue weighted by molar-refractivity contribution is 0.284. The molecule has 0 radical (unpaired) electrons. The Balaban J connectivity index is 2.38. The zero-order chi connectivity index (χ0) is 16.1. The summed E-state index contributed by atoms with van der Waals surface area (Å²) in [4.78, 5) is 12.5. The Morgan fingerprint density at radius 3 is 2.68 bits per heavy atom. The SMILES string of the molecule is CCCCCCOc1c(O)c2ccc(N)cc2n(CC)c1=O. The van der Waals surface area contributed by atoms with Gasteiger partial charge < -0.3 is 20.1 Å². The first-order valence-corrected chi connectivity index (χ1v) is 7.87. The number of nitrogens with zero attached hydrogens (tertiary/aromatic N) is 1. The first kappa shape index (κ1) is 16.2. The molecule has 1 aromatic carbocycles. The Morgan fingerprint density at radius 1 is 1.23 bits per heavy atom. The van der Waals surface area contributed by atoms with Gasteiger partial charge in [-0.25, -0.2) is 0 Å². The van der Waals surface area contributed by atoms with Crippen LogP contribution in [0.2, 0.25) is 0 Å². The molecule has 2 rings (SSSR count). The van der Waals surface area contributed by atoms with Crippen LogP contribution in [0.15, 0.2) is 23.0 Å². The first-order chi connectivity index (χ1) is 10.6. The molecule has 2 aromatic rings. The summed E-state index contributed by atoms with van der Waals surface area (Å²) in [5, 5.41) is 10.9. The molecule has 5 heteroatoms. The van der Waals surface area contributed by atoms with Gasteiger partial charge >= 0.3 is 0 Å². The first-order valence-electron chi connectivity index (χ1n) is 7.87. The monoisotopic (exact) mass is 304 g/mol. The minimum Gasteiger partial charge on any atom is -0.504 e. The van der Waals surface area contributed by atoms with Crippen molar-refractivity contribution < 1.29 is 9.84 Å². The predicted molar refractivity (Wildman–Crippen MR) is 89.6 cm³/mol. The third kappa shape index (κ3) is 3.18. The van der Waals surface area contributed by atoms with E-state index in [0.717, 1.165) is 25.7 Å². The highest BCUT2D eigenvalue weighted by molar-refractivity contribution is 5.89. The van der Waals surface area contributed by atoms with Crippen molar-refractivity contribution in [3.05, 3.63) is 28.6 Å². The molecular formula is C17H24N2O3. The summed E-state index contributed by atoms with van der Waals surface area (Å²) in [7, 11) is 0. The molecule has 0 saturated heterocycles. The van der Waals surface area contributed by atoms with E-state index in [0.29, 0.717) is 29.7 Å². The van der Waals surface area contributed by atoms with Crippen LogP contribution >= 0.6 is 0 Å². The smallest absolute Gasteiger partial charge is 0.297 e. The summed E-state index contributed by atoms with van der Waals surface area (Å²) in [6, 6.07) is 5.12. The van der Waals surface area contributed by atoms with E-state index >= 15 is 0 Å². The Morgan fingerprint density at radius 2 is 2.00 bits per heavy atom. The zero-order valence-electron chi connectivity index (χ0n) is 13.3. The maximum absolute atomic E-state index is 12.5. The van der Waals surface area contributed by atoms with Crippen molar-refractivity contribution in [2.24, 2.45) is 0 Å². The highest BCUT2D eigenvalue weighted by Crippen LogP contribution is 2.32. The zero-order valence-corrected chi connectivity index (χ0v) is 13.3. The van der Waals surface area contributed by atoms with Crippen molar-refractivity contribution in [3.63, 3.8) is 0 Å². The molecule has 1 heterocycles. The van der Waals surface area contributed by atoms with E-state index < -0.39 is 0 Å². The van der Waals surface area contributed by atoms with Crippen molar-refractivity contribution in [1.29, 1.82) is 0 Å². The number of hydrogen-bond donors (Lipinski definition) is 2. The highest BCUT2D eigenvalue weighted by Gasteiger charge is 2.17. The van der Waals surface area contributed by atoms with Crippen LogP contribution in [0.1, 0.15) is 39.5 Å². The number of aryl methyl sites for hydroxylation is 1. The van der Waals surface area contributed by atoms with Crippen LogP contribution in [-0.4, -0.2) is 16.3 Å². The second-order valence-electron chi connectivity index (χ2n) is 5.41. The Hall–Kier alpha value is -2.17. The van der Waals surface area contributed by atoms with Crippen molar-refractivity contribution in [1.82, 2.24) is 4.57 Å². The van der Waals surface area contributed by atoms with Crippen molar-refractivity contribution in [2.45, 2.75) is 46.1 Å². The number of rotatable bonds is 7. The minimum absolute atomic E-state index is 0.0376. The Kier molecular flexibility index (Phi) is 5.31. The number of aromatic hydroxyl groups is 1. The van der Waals surface area contributed by atoms with Gasteiger partial charge in [0.15, 0.2) is 5.75 Å². The van der Waals surface area contributed by atoms with E-state index in [1.165, 1.54) is 0 Å². The van der Waals surface area contributed by atoms with Crippen molar-refractivity contribution in [3.8, 4) is 11.5 Å². The van der Waals surface area contributed by atoms with Gasteiger partial charge in [-0.2, -0.15) is 0 Å². The second-order valence-corrected chi connectivity index (χ2v) is 5.41. The number of hydrogen-bond acceptors (Lipinski definition) is 4. The number of nitrogen functional groups attached to an aromatic ring is 1. The molecule has 0 spiro atoms. The lowest BCUT2D eigenvalue weighted by atomic mass is 10.1. The van der Waals surface area contributed by atoms with Crippen molar-refractivity contribution in [2.75, 3.05) is 12.3 Å². The maximum atomic E-state index is 12.5. The predicted octanol–water partition coefficient (Wildman–Crippen LogP) is 3.27. The molecule has 120 valence electrons. The average Bonchev–Trinajstić information content (AvgIpc) is 2.50. The minimum atomic E-state index is -0.311. The van der Waals surface area contributed by atoms with E-state index in [4.69, 9.17) is 10.5 Å². The van der Waals surface area contributed by atoms with Crippen LogP contribution in [0.25, 0.3) is 10.9 Å². The van der Waals surface area contributed by atoms with Gasteiger partial charge in [0, 0.05) is 17.6 Å². The summed E-state index contributed by atoms with van der Waals surface area (Å²) >= 11 is 0. The van der Waals surface area contributed by atoms with Gasteiger partial charge in [0.1, 0.15) is 0 Å². The average molecular weight is 304 g/mol. The molecule has 3 N–H and O–H groups in total. The molecule has 0 aliphatic carbocycles. The summed E-state index contributed by atoms with van der Waals surface area (Å²) in [5.74, 6) is -0.0594. The summed E-state index contributed by atoms with van der Waals surface area (Å²) in [6.45, 7) is 4.95. The number of ether oxygens (including phenoxy) is 1. The number of aromatic nitrogens is 1. The lowest BCUT2D eigenvalue weighted by Gasteiger charge is -2.14. The fourth-order valence-corrected chi connectivity index (χ4v) is 2.57. The highest BCUT2D eigenvalue weighted by atomic mass is 16.5. The number of unbranched alkanes of at least 4 members (excludes halogenated alkanes) is 3. The number of anilines is 1. The van der Waals surface area contributed by atoms with Gasteiger partial charge in [-0.15, -0.1) is 0 Å². The van der Waals surface area contributed by atoms with E-state index in [1.54, 1.807) is 22.8 Å². The molecule has 0 saturated carbocycles. The molecular weight excluding hydrogens is 280 g/mol. The Bertz CT molecular complexity index is 707. The van der Waals surface area contributed by atoms with Gasteiger partial charge in [0.05, 0.1) is 12.1 Å². The maximum Gasteiger partial charge on any atom is 0.297 e. The standard InChI is InChI=1S/C17H24N2O3/c1-3-5-6-7-10-22-16-15(20)13-9-8-12(18)11-14(13)19(4-2)17(16)21/h8-9,11,20H,3-7,10,18H2,1-2H3. The van der Waals surface area contributed by atoms with Gasteiger partial charge in [0.2, 0.25) is 5.75 Å². The molecule has 1 aromatic heterocycles. The second kappa shape index (κ2) is 7.20. The normalized spacial score (nSPS) is 11.0. The lowest BCUT2D eigenvalue weighted by Crippen LogP contribution is -2.22. The molecule has 0 aliphatic heterocycles. The van der Waals surface area contributed by atoms with E-state index in [-0.39, 0.29) is 17.1 Å². The van der Waals surface area contributed by atoms with Gasteiger partial charge in [-0.1, -0.05) is 26.2 Å². The molecule has 0 amide bonds. The molecule has 22 heavy (non-hydrogen) atoms. The van der Waals surface area contributed by atoms with Crippen LogP contribution < -0.4 is 16.0 Å². The third-order valence-corrected chi connectivity index (χ3v) is 3.78. The molecule has 5 nitrogen and oxygen atoms in total. The largest absolute Gasteiger partial charge is 0.504 e. The quantitative estimate of drug-likeness (QED) is 0.608. The topological polar surface area (TPSA) is 77.5 Å². The number of pyridine rings is 1. The molecule has 0 unspecified atom stereocenters. The van der Waals surface area contributed by atoms with Crippen LogP contribution in [0.4, 0.5) is 5.69 Å². The number of benzene rings is 1. The number of nitrogens with two attached hydrogens (primary N) is 1. The summed E-state index contributed by atoms with van der Waals surface area (Å²) < 4.78 is 7.16. The van der Waals surface area contributed by atoms with Crippen LogP contribution in [0, 0.1) is 0 Å². The summed E-state index contributed by atoms with van der Waals surface area (Å²) in [5.41, 5.74) is 6.66. The molecule has 0 aliphatic rings. The van der Waals surface area contributed by atoms with Gasteiger partial charge in [0.25, 0.3) is 5.56 Å². The van der Waals surface area contributed by atoms with Crippen LogP contribution in [0.5, 0.6) is 11.5 Å². The molecule has 0 bridgehead atoms. The molecule has 0 fully saturated rings. The molecule has 0 atom stereocenters. The van der Waals surface area contributed by atoms with Crippen LogP contribution in [0.3, 0.4) is 0 Å². The van der Waals surface area contributed by atoms with Crippen LogP contribution in [-0.2, 0) is 6.54 Å².